The predicted octanol–water partition coefficient (Wildman–Crippen LogP) is 3.38. The average Bonchev–Trinajstić information content (AvgIpc) is 3.48. The summed E-state index contributed by atoms with van der Waals surface area (Å²) in [5.74, 6) is 1.13. The number of amides is 2. The first-order chi connectivity index (χ1) is 14.9. The molecule has 1 aromatic carbocycles. The Hall–Kier alpha value is -2.76. The van der Waals surface area contributed by atoms with E-state index >= 15 is 0 Å². The van der Waals surface area contributed by atoms with E-state index in [0.717, 1.165) is 67.2 Å². The number of benzene rings is 1. The van der Waals surface area contributed by atoms with Gasteiger partial charge in [-0.3, -0.25) is 9.59 Å². The largest absolute Gasteiger partial charge is 0.342 e. The maximum Gasteiger partial charge on any atom is 0.229 e. The molecule has 1 aromatic heterocycles. The summed E-state index contributed by atoms with van der Waals surface area (Å²) in [6, 6.07) is 9.93. The first-order valence-corrected chi connectivity index (χ1v) is 11.4. The van der Waals surface area contributed by atoms with E-state index in [1.165, 1.54) is 0 Å². The lowest BCUT2D eigenvalue weighted by atomic mass is 10.00. The molecule has 0 bridgehead atoms. The summed E-state index contributed by atoms with van der Waals surface area (Å²) < 4.78 is 0. The van der Waals surface area contributed by atoms with Crippen molar-refractivity contribution in [3.63, 3.8) is 0 Å². The molecule has 2 fully saturated rings. The molecule has 2 amide bonds. The van der Waals surface area contributed by atoms with E-state index in [1.807, 2.05) is 60.9 Å². The summed E-state index contributed by atoms with van der Waals surface area (Å²) in [7, 11) is 0. The minimum Gasteiger partial charge on any atom is -0.342 e. The number of likely N-dealkylation sites (tertiary alicyclic amines) is 2. The Balaban J connectivity index is 1.43. The number of carbonyl (C=O) groups is 2. The van der Waals surface area contributed by atoms with E-state index in [1.54, 1.807) is 0 Å². The monoisotopic (exact) mass is 420 g/mol. The fourth-order valence-electron chi connectivity index (χ4n) is 4.76. The van der Waals surface area contributed by atoms with Gasteiger partial charge in [-0.2, -0.15) is 0 Å². The molecular weight excluding hydrogens is 388 g/mol. The van der Waals surface area contributed by atoms with Crippen molar-refractivity contribution < 1.29 is 9.59 Å². The fourth-order valence-corrected chi connectivity index (χ4v) is 4.76. The zero-order valence-electron chi connectivity index (χ0n) is 18.8. The molecule has 2 aliphatic heterocycles. The van der Waals surface area contributed by atoms with Crippen LogP contribution in [0.25, 0.3) is 0 Å². The average molecular weight is 421 g/mol. The molecule has 3 heterocycles. The third-order valence-corrected chi connectivity index (χ3v) is 6.76. The van der Waals surface area contributed by atoms with Crippen LogP contribution >= 0.6 is 0 Å². The van der Waals surface area contributed by atoms with Crippen molar-refractivity contribution in [2.75, 3.05) is 26.2 Å². The van der Waals surface area contributed by atoms with E-state index in [9.17, 15) is 9.59 Å². The van der Waals surface area contributed by atoms with Crippen LogP contribution in [0.5, 0.6) is 0 Å². The maximum atomic E-state index is 13.0. The van der Waals surface area contributed by atoms with E-state index < -0.39 is 0 Å². The second kappa shape index (κ2) is 9.16. The highest BCUT2D eigenvalue weighted by Gasteiger charge is 2.32. The van der Waals surface area contributed by atoms with Crippen molar-refractivity contribution in [2.45, 2.75) is 58.3 Å². The lowest BCUT2D eigenvalue weighted by Gasteiger charge is -2.21. The molecular formula is C25H32N4O2. The smallest absolute Gasteiger partial charge is 0.229 e. The molecule has 2 aliphatic rings. The molecule has 31 heavy (non-hydrogen) atoms. The van der Waals surface area contributed by atoms with Crippen molar-refractivity contribution in [3.8, 4) is 0 Å². The van der Waals surface area contributed by atoms with Crippen LogP contribution < -0.4 is 0 Å². The Morgan fingerprint density at radius 2 is 1.65 bits per heavy atom. The third-order valence-electron chi connectivity index (χ3n) is 6.76. The highest BCUT2D eigenvalue weighted by molar-refractivity contribution is 5.83. The summed E-state index contributed by atoms with van der Waals surface area (Å²) in [5.41, 5.74) is 3.77. The van der Waals surface area contributed by atoms with Crippen LogP contribution in [0.1, 0.15) is 66.4 Å². The molecule has 0 unspecified atom stereocenters. The summed E-state index contributed by atoms with van der Waals surface area (Å²) in [6.07, 6.45) is 3.44. The zero-order chi connectivity index (χ0) is 22.0. The molecule has 6 heteroatoms. The third kappa shape index (κ3) is 4.63. The van der Waals surface area contributed by atoms with Gasteiger partial charge in [-0.1, -0.05) is 30.3 Å². The number of rotatable bonds is 5. The molecule has 2 saturated heterocycles. The van der Waals surface area contributed by atoms with Gasteiger partial charge in [0.05, 0.1) is 12.3 Å². The van der Waals surface area contributed by atoms with Gasteiger partial charge in [-0.05, 0) is 45.6 Å². The van der Waals surface area contributed by atoms with Gasteiger partial charge < -0.3 is 9.80 Å². The summed E-state index contributed by atoms with van der Waals surface area (Å²) >= 11 is 0. The van der Waals surface area contributed by atoms with Crippen LogP contribution in [0.4, 0.5) is 0 Å². The first-order valence-electron chi connectivity index (χ1n) is 11.4. The number of carbonyl (C=O) groups excluding carboxylic acids is 2. The standard InChI is InChI=1S/C25H32N4O2/c1-17(20-9-5-4-6-10-20)25(31)29-14-11-21(16-29)24-26-18(2)22(19(3)27-24)15-23(30)28-12-7-8-13-28/h4-6,9-10,17,21H,7-8,11-16H2,1-3H3/t17-,21+/m0/s1. The highest BCUT2D eigenvalue weighted by Crippen LogP contribution is 2.29. The van der Waals surface area contributed by atoms with Crippen molar-refractivity contribution in [2.24, 2.45) is 0 Å². The van der Waals surface area contributed by atoms with Crippen LogP contribution in [-0.4, -0.2) is 57.8 Å². The number of nitrogens with zero attached hydrogens (tertiary/aromatic N) is 4. The molecule has 0 aliphatic carbocycles. The summed E-state index contributed by atoms with van der Waals surface area (Å²) in [4.78, 5) is 39.0. The van der Waals surface area contributed by atoms with Crippen LogP contribution in [0.3, 0.4) is 0 Å². The van der Waals surface area contributed by atoms with Gasteiger partial charge in [0.1, 0.15) is 5.82 Å². The second-order valence-corrected chi connectivity index (χ2v) is 8.90. The fraction of sp³-hybridized carbons (Fsp3) is 0.520. The molecule has 2 aromatic rings. The summed E-state index contributed by atoms with van der Waals surface area (Å²) in [6.45, 7) is 9.03. The highest BCUT2D eigenvalue weighted by atomic mass is 16.2. The van der Waals surface area contributed by atoms with Crippen LogP contribution in [-0.2, 0) is 16.0 Å². The van der Waals surface area contributed by atoms with Crippen LogP contribution in [0, 0.1) is 13.8 Å². The van der Waals surface area contributed by atoms with Crippen molar-refractivity contribution in [1.29, 1.82) is 0 Å². The summed E-state index contributed by atoms with van der Waals surface area (Å²) in [5, 5.41) is 0. The molecule has 0 radical (unpaired) electrons. The van der Waals surface area contributed by atoms with Crippen molar-refractivity contribution in [3.05, 3.63) is 58.7 Å². The zero-order valence-corrected chi connectivity index (χ0v) is 18.8. The van der Waals surface area contributed by atoms with E-state index in [0.29, 0.717) is 13.0 Å². The molecule has 2 atom stereocenters. The van der Waals surface area contributed by atoms with Gasteiger partial charge in [0.2, 0.25) is 11.8 Å². The Bertz CT molecular complexity index is 930. The molecule has 0 saturated carbocycles. The van der Waals surface area contributed by atoms with E-state index in [-0.39, 0.29) is 23.7 Å². The molecule has 4 rings (SSSR count). The Morgan fingerprint density at radius 3 is 2.29 bits per heavy atom. The lowest BCUT2D eigenvalue weighted by Crippen LogP contribution is -2.32. The van der Waals surface area contributed by atoms with Gasteiger partial charge in [-0.15, -0.1) is 0 Å². The quantitative estimate of drug-likeness (QED) is 0.744. The predicted molar refractivity (Wildman–Crippen MR) is 120 cm³/mol. The maximum absolute atomic E-state index is 13.0. The van der Waals surface area contributed by atoms with Crippen molar-refractivity contribution >= 4 is 11.8 Å². The number of hydrogen-bond acceptors (Lipinski definition) is 4. The van der Waals surface area contributed by atoms with Crippen LogP contribution in [0.15, 0.2) is 30.3 Å². The Kier molecular flexibility index (Phi) is 6.35. The number of hydrogen-bond donors (Lipinski definition) is 0. The second-order valence-electron chi connectivity index (χ2n) is 8.90. The molecule has 6 nitrogen and oxygen atoms in total. The topological polar surface area (TPSA) is 66.4 Å². The van der Waals surface area contributed by atoms with Gasteiger partial charge in [0.15, 0.2) is 0 Å². The van der Waals surface area contributed by atoms with E-state index in [2.05, 4.69) is 0 Å². The van der Waals surface area contributed by atoms with E-state index in [4.69, 9.17) is 9.97 Å². The Labute approximate surface area is 184 Å². The normalized spacial score (nSPS) is 19.6. The molecule has 0 N–H and O–H groups in total. The lowest BCUT2D eigenvalue weighted by molar-refractivity contribution is -0.131. The molecule has 0 spiro atoms. The number of aromatic nitrogens is 2. The van der Waals surface area contributed by atoms with Gasteiger partial charge in [-0.25, -0.2) is 9.97 Å². The Morgan fingerprint density at radius 1 is 1.00 bits per heavy atom. The van der Waals surface area contributed by atoms with Gasteiger partial charge >= 0.3 is 0 Å². The van der Waals surface area contributed by atoms with Crippen molar-refractivity contribution in [1.82, 2.24) is 19.8 Å². The first kappa shape index (κ1) is 21.5. The van der Waals surface area contributed by atoms with Gasteiger partial charge in [0.25, 0.3) is 0 Å². The number of aryl methyl sites for hydroxylation is 2. The minimum absolute atomic E-state index is 0.146. The van der Waals surface area contributed by atoms with Crippen LogP contribution in [0.2, 0.25) is 0 Å². The van der Waals surface area contributed by atoms with Gasteiger partial charge in [0, 0.05) is 49.0 Å². The minimum atomic E-state index is -0.150. The molecule has 164 valence electrons. The SMILES string of the molecule is Cc1nc([C@@H]2CCN(C(=O)[C@@H](C)c3ccccc3)C2)nc(C)c1CC(=O)N1CCCC1.